The molecule has 0 aromatic rings. The SMILES string of the molecule is CCCNC1(CO)CCCC1CCN(CC)C(C)CC. The summed E-state index contributed by atoms with van der Waals surface area (Å²) >= 11 is 0. The van der Waals surface area contributed by atoms with Gasteiger partial charge in [0.2, 0.25) is 0 Å². The van der Waals surface area contributed by atoms with Crippen molar-refractivity contribution in [1.82, 2.24) is 10.2 Å². The molecule has 0 amide bonds. The Morgan fingerprint density at radius 2 is 2.10 bits per heavy atom. The highest BCUT2D eigenvalue weighted by Crippen LogP contribution is 2.38. The van der Waals surface area contributed by atoms with Gasteiger partial charge in [0.15, 0.2) is 0 Å². The van der Waals surface area contributed by atoms with Gasteiger partial charge >= 0.3 is 0 Å². The molecule has 0 radical (unpaired) electrons. The zero-order valence-electron chi connectivity index (χ0n) is 14.1. The Hall–Kier alpha value is -0.120. The third kappa shape index (κ3) is 4.44. The lowest BCUT2D eigenvalue weighted by atomic mass is 9.85. The second kappa shape index (κ2) is 9.01. The van der Waals surface area contributed by atoms with E-state index in [1.165, 1.54) is 32.2 Å². The lowest BCUT2D eigenvalue weighted by Gasteiger charge is -2.37. The van der Waals surface area contributed by atoms with Crippen LogP contribution in [0.1, 0.15) is 66.2 Å². The van der Waals surface area contributed by atoms with E-state index in [0.29, 0.717) is 18.6 Å². The molecule has 0 saturated heterocycles. The highest BCUT2D eigenvalue weighted by Gasteiger charge is 2.41. The van der Waals surface area contributed by atoms with Crippen LogP contribution in [-0.4, -0.2) is 47.8 Å². The van der Waals surface area contributed by atoms with Gasteiger partial charge in [-0.05, 0) is 64.6 Å². The average molecular weight is 284 g/mol. The fourth-order valence-electron chi connectivity index (χ4n) is 3.71. The third-order valence-electron chi connectivity index (χ3n) is 5.35. The summed E-state index contributed by atoms with van der Waals surface area (Å²) in [6, 6.07) is 0.675. The number of hydrogen-bond donors (Lipinski definition) is 2. The Morgan fingerprint density at radius 1 is 1.35 bits per heavy atom. The molecule has 120 valence electrons. The summed E-state index contributed by atoms with van der Waals surface area (Å²) in [5.74, 6) is 0.636. The van der Waals surface area contributed by atoms with Crippen LogP contribution in [0.4, 0.5) is 0 Å². The largest absolute Gasteiger partial charge is 0.394 e. The van der Waals surface area contributed by atoms with Gasteiger partial charge in [0, 0.05) is 11.6 Å². The fourth-order valence-corrected chi connectivity index (χ4v) is 3.71. The molecule has 1 fully saturated rings. The van der Waals surface area contributed by atoms with Crippen molar-refractivity contribution in [1.29, 1.82) is 0 Å². The lowest BCUT2D eigenvalue weighted by Crippen LogP contribution is -2.52. The van der Waals surface area contributed by atoms with Crippen molar-refractivity contribution in [3.63, 3.8) is 0 Å². The standard InChI is InChI=1S/C17H36N2O/c1-5-12-18-17(14-20)11-8-9-16(17)10-13-19(7-3)15(4)6-2/h15-16,18,20H,5-14H2,1-4H3. The minimum atomic E-state index is 0.00484. The van der Waals surface area contributed by atoms with Gasteiger partial charge in [0.1, 0.15) is 0 Å². The Bertz CT molecular complexity index is 259. The monoisotopic (exact) mass is 284 g/mol. The van der Waals surface area contributed by atoms with Crippen molar-refractivity contribution >= 4 is 0 Å². The maximum Gasteiger partial charge on any atom is 0.0616 e. The molecule has 2 N–H and O–H groups in total. The lowest BCUT2D eigenvalue weighted by molar-refractivity contribution is 0.106. The first-order valence-corrected chi connectivity index (χ1v) is 8.73. The molecule has 1 rings (SSSR count). The zero-order valence-corrected chi connectivity index (χ0v) is 14.1. The maximum absolute atomic E-state index is 9.92. The first kappa shape index (κ1) is 17.9. The van der Waals surface area contributed by atoms with E-state index in [4.69, 9.17) is 0 Å². The molecular formula is C17H36N2O. The molecule has 3 atom stereocenters. The highest BCUT2D eigenvalue weighted by atomic mass is 16.3. The second-order valence-electron chi connectivity index (χ2n) is 6.50. The van der Waals surface area contributed by atoms with Crippen molar-refractivity contribution in [3.8, 4) is 0 Å². The molecule has 3 nitrogen and oxygen atoms in total. The second-order valence-corrected chi connectivity index (χ2v) is 6.50. The van der Waals surface area contributed by atoms with Gasteiger partial charge in [0.05, 0.1) is 6.61 Å². The van der Waals surface area contributed by atoms with E-state index in [9.17, 15) is 5.11 Å². The summed E-state index contributed by atoms with van der Waals surface area (Å²) in [5, 5.41) is 13.6. The van der Waals surface area contributed by atoms with Crippen LogP contribution in [0.3, 0.4) is 0 Å². The first-order valence-electron chi connectivity index (χ1n) is 8.73. The molecule has 20 heavy (non-hydrogen) atoms. The molecule has 0 aliphatic heterocycles. The Morgan fingerprint density at radius 3 is 2.65 bits per heavy atom. The molecule has 0 spiro atoms. The minimum Gasteiger partial charge on any atom is -0.394 e. The van der Waals surface area contributed by atoms with Crippen LogP contribution >= 0.6 is 0 Å². The maximum atomic E-state index is 9.92. The van der Waals surface area contributed by atoms with Crippen LogP contribution in [0.2, 0.25) is 0 Å². The molecule has 1 saturated carbocycles. The van der Waals surface area contributed by atoms with Crippen LogP contribution in [-0.2, 0) is 0 Å². The molecule has 0 heterocycles. The van der Waals surface area contributed by atoms with Gasteiger partial charge < -0.3 is 15.3 Å². The van der Waals surface area contributed by atoms with Crippen LogP contribution in [0.5, 0.6) is 0 Å². The summed E-state index contributed by atoms with van der Waals surface area (Å²) in [4.78, 5) is 2.58. The summed E-state index contributed by atoms with van der Waals surface area (Å²) < 4.78 is 0. The van der Waals surface area contributed by atoms with E-state index in [-0.39, 0.29) is 5.54 Å². The van der Waals surface area contributed by atoms with Crippen molar-refractivity contribution in [2.24, 2.45) is 5.92 Å². The average Bonchev–Trinajstić information content (AvgIpc) is 2.88. The third-order valence-corrected chi connectivity index (χ3v) is 5.35. The molecule has 0 aromatic carbocycles. The van der Waals surface area contributed by atoms with E-state index in [0.717, 1.165) is 25.9 Å². The van der Waals surface area contributed by atoms with E-state index < -0.39 is 0 Å². The Labute approximate surface area is 126 Å². The van der Waals surface area contributed by atoms with Crippen LogP contribution < -0.4 is 5.32 Å². The topological polar surface area (TPSA) is 35.5 Å². The van der Waals surface area contributed by atoms with E-state index >= 15 is 0 Å². The van der Waals surface area contributed by atoms with Gasteiger partial charge in [-0.2, -0.15) is 0 Å². The van der Waals surface area contributed by atoms with Gasteiger partial charge in [-0.3, -0.25) is 0 Å². The van der Waals surface area contributed by atoms with Gasteiger partial charge in [0.25, 0.3) is 0 Å². The van der Waals surface area contributed by atoms with Crippen LogP contribution in [0.25, 0.3) is 0 Å². The summed E-state index contributed by atoms with van der Waals surface area (Å²) in [7, 11) is 0. The van der Waals surface area contributed by atoms with Crippen molar-refractivity contribution in [2.75, 3.05) is 26.2 Å². The van der Waals surface area contributed by atoms with Gasteiger partial charge in [-0.15, -0.1) is 0 Å². The Kier molecular flexibility index (Phi) is 8.08. The number of nitrogens with one attached hydrogen (secondary N) is 1. The van der Waals surface area contributed by atoms with Crippen LogP contribution in [0.15, 0.2) is 0 Å². The molecule has 3 unspecified atom stereocenters. The Balaban J connectivity index is 2.55. The minimum absolute atomic E-state index is 0.00484. The number of nitrogens with zero attached hydrogens (tertiary/aromatic N) is 1. The van der Waals surface area contributed by atoms with Crippen molar-refractivity contribution in [2.45, 2.75) is 77.8 Å². The fraction of sp³-hybridized carbons (Fsp3) is 1.00. The van der Waals surface area contributed by atoms with Crippen LogP contribution in [0, 0.1) is 5.92 Å². The molecule has 3 heteroatoms. The van der Waals surface area contributed by atoms with Gasteiger partial charge in [-0.1, -0.05) is 27.2 Å². The molecule has 1 aliphatic rings. The van der Waals surface area contributed by atoms with Crippen molar-refractivity contribution in [3.05, 3.63) is 0 Å². The van der Waals surface area contributed by atoms with Gasteiger partial charge in [-0.25, -0.2) is 0 Å². The predicted octanol–water partition coefficient (Wildman–Crippen LogP) is 3.03. The molecule has 0 aromatic heterocycles. The number of aliphatic hydroxyl groups excluding tert-OH is 1. The first-order chi connectivity index (χ1) is 9.63. The number of rotatable bonds is 10. The summed E-state index contributed by atoms with van der Waals surface area (Å²) in [6.07, 6.45) is 7.26. The summed E-state index contributed by atoms with van der Waals surface area (Å²) in [6.45, 7) is 12.7. The zero-order chi connectivity index (χ0) is 15.0. The highest BCUT2D eigenvalue weighted by molar-refractivity contribution is 4.99. The van der Waals surface area contributed by atoms with Crippen molar-refractivity contribution < 1.29 is 5.11 Å². The summed E-state index contributed by atoms with van der Waals surface area (Å²) in [5.41, 5.74) is 0.00484. The number of hydrogen-bond acceptors (Lipinski definition) is 3. The normalized spacial score (nSPS) is 28.2. The molecule has 0 bridgehead atoms. The van der Waals surface area contributed by atoms with E-state index in [1.807, 2.05) is 0 Å². The predicted molar refractivity (Wildman–Crippen MR) is 87.1 cm³/mol. The van der Waals surface area contributed by atoms with E-state index in [1.54, 1.807) is 0 Å². The molecular weight excluding hydrogens is 248 g/mol. The smallest absolute Gasteiger partial charge is 0.0616 e. The molecule has 1 aliphatic carbocycles. The number of aliphatic hydroxyl groups is 1. The van der Waals surface area contributed by atoms with E-state index in [2.05, 4.69) is 37.9 Å². The quantitative estimate of drug-likeness (QED) is 0.647.